The second kappa shape index (κ2) is 7.36. The summed E-state index contributed by atoms with van der Waals surface area (Å²) in [6.07, 6.45) is 2.09. The molecule has 1 fully saturated rings. The number of carbonyl (C=O) groups excluding carboxylic acids is 1. The maximum absolute atomic E-state index is 13.3. The van der Waals surface area contributed by atoms with Gasteiger partial charge in [0.1, 0.15) is 11.9 Å². The second-order valence-corrected chi connectivity index (χ2v) is 7.08. The maximum Gasteiger partial charge on any atom is 0.242 e. The van der Waals surface area contributed by atoms with Crippen LogP contribution >= 0.6 is 0 Å². The standard InChI is InChI=1S/C21H25FN2O/c1-14-4-5-17(15(2)12-14)13-24(3)20(21(25)23-19-10-11-19)16-6-8-18(22)9-7-16/h4-9,12,19-20H,10-11,13H2,1-3H3,(H,23,25)/t20-/m1/s1. The number of likely N-dealkylation sites (N-methyl/N-ethyl adjacent to an activating group) is 1. The van der Waals surface area contributed by atoms with Crippen molar-refractivity contribution in [3.63, 3.8) is 0 Å². The molecule has 4 heteroatoms. The number of nitrogens with one attached hydrogen (secondary N) is 1. The van der Waals surface area contributed by atoms with Crippen molar-refractivity contribution in [3.05, 3.63) is 70.5 Å². The Hall–Kier alpha value is -2.20. The van der Waals surface area contributed by atoms with E-state index in [-0.39, 0.29) is 11.7 Å². The zero-order valence-electron chi connectivity index (χ0n) is 15.1. The molecule has 1 saturated carbocycles. The summed E-state index contributed by atoms with van der Waals surface area (Å²) in [4.78, 5) is 14.8. The quantitative estimate of drug-likeness (QED) is 0.865. The van der Waals surface area contributed by atoms with E-state index in [1.165, 1.54) is 28.8 Å². The fourth-order valence-corrected chi connectivity index (χ4v) is 3.14. The summed E-state index contributed by atoms with van der Waals surface area (Å²) < 4.78 is 13.3. The predicted octanol–water partition coefficient (Wildman–Crippen LogP) is 3.89. The van der Waals surface area contributed by atoms with Crippen LogP contribution in [0.5, 0.6) is 0 Å². The van der Waals surface area contributed by atoms with Gasteiger partial charge in [-0.2, -0.15) is 0 Å². The van der Waals surface area contributed by atoms with Crippen molar-refractivity contribution in [2.45, 2.75) is 45.3 Å². The van der Waals surface area contributed by atoms with Gasteiger partial charge in [0.15, 0.2) is 0 Å². The topological polar surface area (TPSA) is 32.3 Å². The molecular formula is C21H25FN2O. The summed E-state index contributed by atoms with van der Waals surface area (Å²) in [6.45, 7) is 4.82. The molecule has 25 heavy (non-hydrogen) atoms. The second-order valence-electron chi connectivity index (χ2n) is 7.08. The van der Waals surface area contributed by atoms with E-state index in [1.54, 1.807) is 12.1 Å². The number of hydrogen-bond donors (Lipinski definition) is 1. The van der Waals surface area contributed by atoms with E-state index in [4.69, 9.17) is 0 Å². The molecule has 0 unspecified atom stereocenters. The van der Waals surface area contributed by atoms with Crippen LogP contribution in [0, 0.1) is 19.7 Å². The molecule has 0 saturated heterocycles. The van der Waals surface area contributed by atoms with Crippen molar-refractivity contribution in [2.24, 2.45) is 0 Å². The SMILES string of the molecule is Cc1ccc(CN(C)[C@@H](C(=O)NC2CC2)c2ccc(F)cc2)c(C)c1. The molecule has 0 aromatic heterocycles. The highest BCUT2D eigenvalue weighted by Gasteiger charge is 2.30. The predicted molar refractivity (Wildman–Crippen MR) is 97.7 cm³/mol. The monoisotopic (exact) mass is 340 g/mol. The molecule has 0 heterocycles. The Balaban J connectivity index is 1.83. The van der Waals surface area contributed by atoms with Crippen LogP contribution in [0.25, 0.3) is 0 Å². The molecular weight excluding hydrogens is 315 g/mol. The number of halogens is 1. The number of benzene rings is 2. The number of amides is 1. The van der Waals surface area contributed by atoms with Crippen LogP contribution in [-0.2, 0) is 11.3 Å². The van der Waals surface area contributed by atoms with Crippen molar-refractivity contribution < 1.29 is 9.18 Å². The lowest BCUT2D eigenvalue weighted by atomic mass is 10.0. The van der Waals surface area contributed by atoms with Gasteiger partial charge in [-0.1, -0.05) is 35.9 Å². The maximum atomic E-state index is 13.3. The molecule has 0 spiro atoms. The van der Waals surface area contributed by atoms with Crippen molar-refractivity contribution >= 4 is 5.91 Å². The summed E-state index contributed by atoms with van der Waals surface area (Å²) in [5, 5.41) is 3.08. The molecule has 1 aliphatic rings. The molecule has 0 radical (unpaired) electrons. The van der Waals surface area contributed by atoms with Gasteiger partial charge in [-0.25, -0.2) is 4.39 Å². The summed E-state index contributed by atoms with van der Waals surface area (Å²) in [5.74, 6) is -0.302. The molecule has 132 valence electrons. The van der Waals surface area contributed by atoms with Gasteiger partial charge in [-0.3, -0.25) is 9.69 Å². The third-order valence-electron chi connectivity index (χ3n) is 4.72. The number of aryl methyl sites for hydroxylation is 2. The van der Waals surface area contributed by atoms with E-state index in [0.29, 0.717) is 12.6 Å². The highest BCUT2D eigenvalue weighted by molar-refractivity contribution is 5.83. The Morgan fingerprint density at radius 3 is 2.48 bits per heavy atom. The largest absolute Gasteiger partial charge is 0.352 e. The third-order valence-corrected chi connectivity index (χ3v) is 4.72. The van der Waals surface area contributed by atoms with Gasteiger partial charge >= 0.3 is 0 Å². The number of rotatable bonds is 6. The molecule has 0 aliphatic heterocycles. The Kier molecular flexibility index (Phi) is 5.19. The summed E-state index contributed by atoms with van der Waals surface area (Å²) in [5.41, 5.74) is 4.45. The molecule has 2 aromatic carbocycles. The normalized spacial score (nSPS) is 15.2. The fourth-order valence-electron chi connectivity index (χ4n) is 3.14. The van der Waals surface area contributed by atoms with Crippen LogP contribution in [0.15, 0.2) is 42.5 Å². The summed E-state index contributed by atoms with van der Waals surface area (Å²) in [7, 11) is 1.94. The van der Waals surface area contributed by atoms with Crippen LogP contribution in [0.3, 0.4) is 0 Å². The molecule has 3 rings (SSSR count). The van der Waals surface area contributed by atoms with Crippen molar-refractivity contribution in [1.29, 1.82) is 0 Å². The van der Waals surface area contributed by atoms with E-state index in [9.17, 15) is 9.18 Å². The molecule has 2 aromatic rings. The molecule has 1 aliphatic carbocycles. The van der Waals surface area contributed by atoms with Crippen molar-refractivity contribution in [3.8, 4) is 0 Å². The minimum Gasteiger partial charge on any atom is -0.352 e. The van der Waals surface area contributed by atoms with E-state index in [2.05, 4.69) is 37.4 Å². The lowest BCUT2D eigenvalue weighted by molar-refractivity contribution is -0.126. The average Bonchev–Trinajstić information content (AvgIpc) is 3.36. The van der Waals surface area contributed by atoms with Gasteiger partial charge in [0.25, 0.3) is 0 Å². The first-order valence-corrected chi connectivity index (χ1v) is 8.76. The average molecular weight is 340 g/mol. The minimum absolute atomic E-state index is 0.0126. The van der Waals surface area contributed by atoms with Gasteiger partial charge in [0, 0.05) is 12.6 Å². The van der Waals surface area contributed by atoms with E-state index >= 15 is 0 Å². The van der Waals surface area contributed by atoms with Gasteiger partial charge in [0.2, 0.25) is 5.91 Å². The highest BCUT2D eigenvalue weighted by Crippen LogP contribution is 2.26. The molecule has 3 nitrogen and oxygen atoms in total. The van der Waals surface area contributed by atoms with Crippen LogP contribution < -0.4 is 5.32 Å². The molecule has 1 N–H and O–H groups in total. The van der Waals surface area contributed by atoms with Crippen LogP contribution in [0.1, 0.15) is 41.1 Å². The number of nitrogens with zero attached hydrogens (tertiary/aromatic N) is 1. The zero-order chi connectivity index (χ0) is 18.0. The lowest BCUT2D eigenvalue weighted by Crippen LogP contribution is -2.39. The highest BCUT2D eigenvalue weighted by atomic mass is 19.1. The third kappa shape index (κ3) is 4.45. The van der Waals surface area contributed by atoms with Gasteiger partial charge in [-0.15, -0.1) is 0 Å². The van der Waals surface area contributed by atoms with Gasteiger partial charge in [-0.05, 0) is 62.6 Å². The first-order valence-electron chi connectivity index (χ1n) is 8.76. The first-order chi connectivity index (χ1) is 11.9. The molecule has 1 atom stereocenters. The lowest BCUT2D eigenvalue weighted by Gasteiger charge is -2.28. The van der Waals surface area contributed by atoms with Crippen molar-refractivity contribution in [1.82, 2.24) is 10.2 Å². The van der Waals surface area contributed by atoms with E-state index in [0.717, 1.165) is 18.4 Å². The number of carbonyl (C=O) groups is 1. The van der Waals surface area contributed by atoms with E-state index < -0.39 is 6.04 Å². The Labute approximate surface area is 148 Å². The summed E-state index contributed by atoms with van der Waals surface area (Å²) >= 11 is 0. The summed E-state index contributed by atoms with van der Waals surface area (Å²) in [6, 6.07) is 12.5. The van der Waals surface area contributed by atoms with E-state index in [1.807, 2.05) is 11.9 Å². The Morgan fingerprint density at radius 1 is 1.20 bits per heavy atom. The Bertz CT molecular complexity index is 753. The zero-order valence-corrected chi connectivity index (χ0v) is 15.1. The van der Waals surface area contributed by atoms with Crippen LogP contribution in [0.2, 0.25) is 0 Å². The number of hydrogen-bond acceptors (Lipinski definition) is 2. The van der Waals surface area contributed by atoms with Crippen LogP contribution in [-0.4, -0.2) is 23.9 Å². The Morgan fingerprint density at radius 2 is 1.88 bits per heavy atom. The van der Waals surface area contributed by atoms with Crippen molar-refractivity contribution in [2.75, 3.05) is 7.05 Å². The minimum atomic E-state index is -0.429. The van der Waals surface area contributed by atoms with Gasteiger partial charge in [0.05, 0.1) is 0 Å². The molecule has 0 bridgehead atoms. The van der Waals surface area contributed by atoms with Crippen LogP contribution in [0.4, 0.5) is 4.39 Å². The van der Waals surface area contributed by atoms with Gasteiger partial charge < -0.3 is 5.32 Å². The first kappa shape index (κ1) is 17.6. The smallest absolute Gasteiger partial charge is 0.242 e. The fraction of sp³-hybridized carbons (Fsp3) is 0.381. The molecule has 1 amide bonds.